The Morgan fingerprint density at radius 3 is 2.94 bits per heavy atom. The molecule has 1 heterocycles. The summed E-state index contributed by atoms with van der Waals surface area (Å²) in [5, 5.41) is 3.23. The van der Waals surface area contributed by atoms with Crippen LogP contribution in [0.4, 0.5) is 5.69 Å². The summed E-state index contributed by atoms with van der Waals surface area (Å²) in [7, 11) is -2.05. The smallest absolute Gasteiger partial charge is 0.298 e. The molecule has 1 aliphatic rings. The van der Waals surface area contributed by atoms with E-state index in [0.717, 1.165) is 18.5 Å². The van der Waals surface area contributed by atoms with Gasteiger partial charge >= 0.3 is 0 Å². The Kier molecular flexibility index (Phi) is 3.13. The van der Waals surface area contributed by atoms with Gasteiger partial charge in [-0.15, -0.1) is 0 Å². The van der Waals surface area contributed by atoms with Crippen molar-refractivity contribution in [2.75, 3.05) is 18.3 Å². The Balaban J connectivity index is 2.35. The molecule has 0 saturated heterocycles. The molecule has 0 saturated carbocycles. The highest BCUT2D eigenvalue weighted by atomic mass is 32.2. The minimum absolute atomic E-state index is 0.652. The van der Waals surface area contributed by atoms with E-state index in [1.54, 1.807) is 6.07 Å². The normalized spacial score (nSPS) is 15.6. The predicted octanol–water partition coefficient (Wildman–Crippen LogP) is 0.208. The molecule has 0 amide bonds. The standard InChI is InChI=1S/C10H15N3O2S/c1-11-16(14,15)13-10-4-2-3-8-5-6-12-7-9(8)10/h2-4,11-13H,5-7H2,1H3. The molecule has 1 aromatic rings. The SMILES string of the molecule is CNS(=O)(=O)Nc1cccc2c1CNCC2. The van der Waals surface area contributed by atoms with E-state index in [-0.39, 0.29) is 0 Å². The summed E-state index contributed by atoms with van der Waals surface area (Å²) in [5.74, 6) is 0. The molecule has 0 unspecified atom stereocenters. The zero-order valence-electron chi connectivity index (χ0n) is 9.08. The van der Waals surface area contributed by atoms with Crippen molar-refractivity contribution >= 4 is 15.9 Å². The maximum absolute atomic E-state index is 11.4. The Morgan fingerprint density at radius 2 is 2.19 bits per heavy atom. The van der Waals surface area contributed by atoms with E-state index < -0.39 is 10.2 Å². The molecule has 0 aliphatic carbocycles. The van der Waals surface area contributed by atoms with Crippen molar-refractivity contribution in [2.45, 2.75) is 13.0 Å². The number of anilines is 1. The predicted molar refractivity (Wildman–Crippen MR) is 63.5 cm³/mol. The molecule has 16 heavy (non-hydrogen) atoms. The topological polar surface area (TPSA) is 70.2 Å². The van der Waals surface area contributed by atoms with Crippen LogP contribution in [0, 0.1) is 0 Å². The molecule has 6 heteroatoms. The summed E-state index contributed by atoms with van der Waals surface area (Å²) < 4.78 is 27.6. The van der Waals surface area contributed by atoms with Gasteiger partial charge in [0.25, 0.3) is 10.2 Å². The van der Waals surface area contributed by atoms with Gasteiger partial charge in [-0.2, -0.15) is 8.42 Å². The molecule has 0 fully saturated rings. The van der Waals surface area contributed by atoms with Crippen molar-refractivity contribution in [3.8, 4) is 0 Å². The van der Waals surface area contributed by atoms with Gasteiger partial charge in [-0.05, 0) is 30.2 Å². The average Bonchev–Trinajstić information content (AvgIpc) is 2.29. The first-order valence-corrected chi connectivity index (χ1v) is 6.63. The van der Waals surface area contributed by atoms with E-state index in [1.807, 2.05) is 12.1 Å². The molecule has 0 bridgehead atoms. The molecule has 2 rings (SSSR count). The van der Waals surface area contributed by atoms with E-state index >= 15 is 0 Å². The lowest BCUT2D eigenvalue weighted by atomic mass is 10.00. The van der Waals surface area contributed by atoms with Crippen LogP contribution in [-0.2, 0) is 23.2 Å². The van der Waals surface area contributed by atoms with Gasteiger partial charge in [-0.3, -0.25) is 4.72 Å². The first kappa shape index (κ1) is 11.4. The van der Waals surface area contributed by atoms with Gasteiger partial charge in [0.2, 0.25) is 0 Å². The third-order valence-electron chi connectivity index (χ3n) is 2.66. The fraction of sp³-hybridized carbons (Fsp3) is 0.400. The molecule has 1 aromatic carbocycles. The van der Waals surface area contributed by atoms with Gasteiger partial charge in [0, 0.05) is 13.6 Å². The molecule has 88 valence electrons. The van der Waals surface area contributed by atoms with Crippen LogP contribution < -0.4 is 14.8 Å². The fourth-order valence-electron chi connectivity index (χ4n) is 1.81. The largest absolute Gasteiger partial charge is 0.312 e. The lowest BCUT2D eigenvalue weighted by molar-refractivity contribution is 0.593. The third-order valence-corrected chi connectivity index (χ3v) is 3.69. The second-order valence-electron chi connectivity index (χ2n) is 3.68. The van der Waals surface area contributed by atoms with Crippen LogP contribution in [-0.4, -0.2) is 22.0 Å². The van der Waals surface area contributed by atoms with Gasteiger partial charge in [0.15, 0.2) is 0 Å². The van der Waals surface area contributed by atoms with Crippen LogP contribution in [0.3, 0.4) is 0 Å². The fourth-order valence-corrected chi connectivity index (χ4v) is 2.39. The minimum Gasteiger partial charge on any atom is -0.312 e. The van der Waals surface area contributed by atoms with Crippen molar-refractivity contribution in [3.63, 3.8) is 0 Å². The summed E-state index contributed by atoms with van der Waals surface area (Å²) >= 11 is 0. The molecule has 1 aliphatic heterocycles. The maximum Gasteiger partial charge on any atom is 0.298 e. The quantitative estimate of drug-likeness (QED) is 0.708. The van der Waals surface area contributed by atoms with Crippen molar-refractivity contribution in [1.82, 2.24) is 10.0 Å². The number of nitrogens with one attached hydrogen (secondary N) is 3. The second kappa shape index (κ2) is 4.40. The number of fused-ring (bicyclic) bond motifs is 1. The Morgan fingerprint density at radius 1 is 1.38 bits per heavy atom. The van der Waals surface area contributed by atoms with Gasteiger partial charge in [0.05, 0.1) is 5.69 Å². The Hall–Kier alpha value is -1.11. The molecular formula is C10H15N3O2S. The first-order valence-electron chi connectivity index (χ1n) is 5.15. The number of benzene rings is 1. The van der Waals surface area contributed by atoms with Crippen LogP contribution in [0.15, 0.2) is 18.2 Å². The highest BCUT2D eigenvalue weighted by Crippen LogP contribution is 2.23. The summed E-state index contributed by atoms with van der Waals surface area (Å²) in [4.78, 5) is 0. The first-order chi connectivity index (χ1) is 7.62. The van der Waals surface area contributed by atoms with Crippen LogP contribution >= 0.6 is 0 Å². The monoisotopic (exact) mass is 241 g/mol. The molecule has 0 aromatic heterocycles. The summed E-state index contributed by atoms with van der Waals surface area (Å²) in [5.41, 5.74) is 2.89. The van der Waals surface area contributed by atoms with Gasteiger partial charge < -0.3 is 5.32 Å². The Bertz CT molecular complexity index is 485. The molecule has 0 spiro atoms. The second-order valence-corrected chi connectivity index (χ2v) is 5.30. The van der Waals surface area contributed by atoms with E-state index in [2.05, 4.69) is 14.8 Å². The van der Waals surface area contributed by atoms with Gasteiger partial charge in [-0.25, -0.2) is 4.72 Å². The third kappa shape index (κ3) is 2.34. The van der Waals surface area contributed by atoms with Crippen LogP contribution in [0.25, 0.3) is 0 Å². The minimum atomic E-state index is -3.43. The van der Waals surface area contributed by atoms with Crippen molar-refractivity contribution in [1.29, 1.82) is 0 Å². The zero-order chi connectivity index (χ0) is 11.6. The highest BCUT2D eigenvalue weighted by Gasteiger charge is 2.15. The van der Waals surface area contributed by atoms with Crippen molar-refractivity contribution in [3.05, 3.63) is 29.3 Å². The van der Waals surface area contributed by atoms with E-state index in [9.17, 15) is 8.42 Å². The molecule has 3 N–H and O–H groups in total. The zero-order valence-corrected chi connectivity index (χ0v) is 9.89. The van der Waals surface area contributed by atoms with E-state index in [0.29, 0.717) is 12.2 Å². The number of hydrogen-bond acceptors (Lipinski definition) is 3. The van der Waals surface area contributed by atoms with Gasteiger partial charge in [-0.1, -0.05) is 12.1 Å². The molecular weight excluding hydrogens is 226 g/mol. The van der Waals surface area contributed by atoms with Crippen LogP contribution in [0.5, 0.6) is 0 Å². The lowest BCUT2D eigenvalue weighted by Gasteiger charge is -2.20. The lowest BCUT2D eigenvalue weighted by Crippen LogP contribution is -2.29. The summed E-state index contributed by atoms with van der Waals surface area (Å²) in [6.07, 6.45) is 0.935. The average molecular weight is 241 g/mol. The van der Waals surface area contributed by atoms with Crippen LogP contribution in [0.1, 0.15) is 11.1 Å². The van der Waals surface area contributed by atoms with Crippen molar-refractivity contribution in [2.24, 2.45) is 0 Å². The number of rotatable bonds is 3. The van der Waals surface area contributed by atoms with E-state index in [4.69, 9.17) is 0 Å². The number of hydrogen-bond donors (Lipinski definition) is 3. The van der Waals surface area contributed by atoms with Crippen LogP contribution in [0.2, 0.25) is 0 Å². The van der Waals surface area contributed by atoms with Crippen molar-refractivity contribution < 1.29 is 8.42 Å². The molecule has 5 nitrogen and oxygen atoms in total. The van der Waals surface area contributed by atoms with E-state index in [1.165, 1.54) is 12.6 Å². The highest BCUT2D eigenvalue weighted by molar-refractivity contribution is 7.90. The van der Waals surface area contributed by atoms with Gasteiger partial charge in [0.1, 0.15) is 0 Å². The Labute approximate surface area is 95.4 Å². The molecule has 0 atom stereocenters. The molecule has 0 radical (unpaired) electrons. The maximum atomic E-state index is 11.4. The summed E-state index contributed by atoms with van der Waals surface area (Å²) in [6, 6.07) is 5.69. The summed E-state index contributed by atoms with van der Waals surface area (Å²) in [6.45, 7) is 1.65.